The fourth-order valence-corrected chi connectivity index (χ4v) is 3.83. The molecule has 4 rings (SSSR count). The molecule has 0 unspecified atom stereocenters. The fourth-order valence-electron chi connectivity index (χ4n) is 2.87. The topological polar surface area (TPSA) is 93.7 Å². The molecule has 0 fully saturated rings. The summed E-state index contributed by atoms with van der Waals surface area (Å²) >= 11 is 0. The summed E-state index contributed by atoms with van der Waals surface area (Å²) in [6.07, 6.45) is 0. The van der Waals surface area contributed by atoms with Crippen LogP contribution < -0.4 is 19.8 Å². The Morgan fingerprint density at radius 2 is 1.42 bits per heavy atom. The van der Waals surface area contributed by atoms with Crippen molar-refractivity contribution in [2.24, 2.45) is 0 Å². The monoisotopic (exact) mass is 434 g/mol. The van der Waals surface area contributed by atoms with Crippen molar-refractivity contribution in [2.75, 3.05) is 5.32 Å². The van der Waals surface area contributed by atoms with Crippen LogP contribution in [-0.2, 0) is 10.1 Å². The molecule has 8 heteroatoms. The molecular weight excluding hydrogens is 416 g/mol. The number of anilines is 1. The average Bonchev–Trinajstić information content (AvgIpc) is 2.78. The van der Waals surface area contributed by atoms with E-state index < -0.39 is 16.1 Å². The van der Waals surface area contributed by atoms with E-state index in [1.54, 1.807) is 48.5 Å². The lowest BCUT2D eigenvalue weighted by Gasteiger charge is -2.11. The van der Waals surface area contributed by atoms with Crippen LogP contribution in [0.5, 0.6) is 11.5 Å². The first-order valence-corrected chi connectivity index (χ1v) is 10.7. The Hall–Kier alpha value is -4.04. The molecule has 0 aromatic heterocycles. The summed E-state index contributed by atoms with van der Waals surface area (Å²) < 4.78 is 30.7. The predicted molar refractivity (Wildman–Crippen MR) is 117 cm³/mol. The predicted octanol–water partition coefficient (Wildman–Crippen LogP) is 4.72. The summed E-state index contributed by atoms with van der Waals surface area (Å²) in [7, 11) is -4.05. The Morgan fingerprint density at radius 3 is 2.23 bits per heavy atom. The minimum absolute atomic E-state index is 0.0403. The van der Waals surface area contributed by atoms with E-state index >= 15 is 0 Å². The maximum Gasteiger partial charge on any atom is 0.352 e. The van der Waals surface area contributed by atoms with Gasteiger partial charge in [-0.15, -0.1) is 0 Å². The van der Waals surface area contributed by atoms with Crippen LogP contribution in [0.1, 0.15) is 0 Å². The Morgan fingerprint density at radius 1 is 0.710 bits per heavy atom. The summed E-state index contributed by atoms with van der Waals surface area (Å²) in [6, 6.07) is 26.4. The van der Waals surface area contributed by atoms with Crippen LogP contribution in [-0.4, -0.2) is 14.4 Å². The second-order valence-corrected chi connectivity index (χ2v) is 8.09. The first-order chi connectivity index (χ1) is 15.0. The molecule has 0 spiro atoms. The number of hydrogen-bond donors (Lipinski definition) is 2. The minimum Gasteiger partial charge on any atom is -0.379 e. The molecule has 0 aliphatic rings. The van der Waals surface area contributed by atoms with E-state index in [-0.39, 0.29) is 10.6 Å². The van der Waals surface area contributed by atoms with Gasteiger partial charge in [0.2, 0.25) is 0 Å². The Labute approximate surface area is 179 Å². The smallest absolute Gasteiger partial charge is 0.352 e. The molecule has 0 aliphatic carbocycles. The highest BCUT2D eigenvalue weighted by Crippen LogP contribution is 2.24. The molecule has 2 N–H and O–H groups in total. The van der Waals surface area contributed by atoms with E-state index in [4.69, 9.17) is 9.02 Å². The number of rotatable bonds is 6. The Balaban J connectivity index is 1.44. The quantitative estimate of drug-likeness (QED) is 0.338. The summed E-state index contributed by atoms with van der Waals surface area (Å²) in [6.45, 7) is 0. The second-order valence-electron chi connectivity index (χ2n) is 6.55. The molecule has 4 aromatic carbocycles. The highest BCUT2D eigenvalue weighted by Gasteiger charge is 2.17. The Kier molecular flexibility index (Phi) is 5.72. The van der Waals surface area contributed by atoms with Crippen LogP contribution in [0.25, 0.3) is 10.8 Å². The van der Waals surface area contributed by atoms with Gasteiger partial charge in [-0.2, -0.15) is 13.9 Å². The molecule has 0 saturated carbocycles. The maximum atomic E-state index is 12.7. The second kappa shape index (κ2) is 8.76. The SMILES string of the molecule is O=C(NOc1ccccc1)Nc1cccc(OS(=O)(=O)c2ccc3ccccc3c2)c1. The van der Waals surface area contributed by atoms with E-state index in [0.29, 0.717) is 11.4 Å². The van der Waals surface area contributed by atoms with E-state index in [2.05, 4.69) is 10.8 Å². The summed E-state index contributed by atoms with van der Waals surface area (Å²) in [5.74, 6) is 0.533. The summed E-state index contributed by atoms with van der Waals surface area (Å²) in [5, 5.41) is 4.27. The van der Waals surface area contributed by atoms with Gasteiger partial charge in [-0.25, -0.2) is 4.79 Å². The molecule has 0 heterocycles. The van der Waals surface area contributed by atoms with Gasteiger partial charge in [-0.05, 0) is 47.2 Å². The molecule has 4 aromatic rings. The van der Waals surface area contributed by atoms with Crippen molar-refractivity contribution in [2.45, 2.75) is 4.90 Å². The number of hydroxylamine groups is 1. The molecule has 156 valence electrons. The third-order valence-corrected chi connectivity index (χ3v) is 5.56. The van der Waals surface area contributed by atoms with E-state index in [0.717, 1.165) is 10.8 Å². The van der Waals surface area contributed by atoms with Crippen molar-refractivity contribution in [3.63, 3.8) is 0 Å². The highest BCUT2D eigenvalue weighted by atomic mass is 32.2. The summed E-state index contributed by atoms with van der Waals surface area (Å²) in [4.78, 5) is 17.2. The molecule has 0 saturated heterocycles. The van der Waals surface area contributed by atoms with E-state index in [9.17, 15) is 13.2 Å². The highest BCUT2D eigenvalue weighted by molar-refractivity contribution is 7.87. The van der Waals surface area contributed by atoms with Gasteiger partial charge in [0.05, 0.1) is 0 Å². The summed E-state index contributed by atoms with van der Waals surface area (Å²) in [5.41, 5.74) is 2.58. The van der Waals surface area contributed by atoms with Crippen molar-refractivity contribution >= 4 is 32.6 Å². The lowest BCUT2D eigenvalue weighted by molar-refractivity contribution is 0.189. The van der Waals surface area contributed by atoms with Gasteiger partial charge in [-0.3, -0.25) is 0 Å². The lowest BCUT2D eigenvalue weighted by atomic mass is 10.1. The third kappa shape index (κ3) is 5.12. The molecule has 0 radical (unpaired) electrons. The first kappa shape index (κ1) is 20.2. The lowest BCUT2D eigenvalue weighted by Crippen LogP contribution is -2.31. The number of fused-ring (bicyclic) bond motifs is 1. The van der Waals surface area contributed by atoms with Gasteiger partial charge in [0.15, 0.2) is 5.75 Å². The van der Waals surface area contributed by atoms with Crippen LogP contribution in [0.2, 0.25) is 0 Å². The molecule has 0 atom stereocenters. The van der Waals surface area contributed by atoms with Crippen molar-refractivity contribution in [1.29, 1.82) is 0 Å². The standard InChI is InChI=1S/C23H18N2O5S/c26-23(25-29-20-10-2-1-3-11-20)24-19-9-6-12-21(16-19)30-31(27,28)22-14-13-17-7-4-5-8-18(17)15-22/h1-16H,(H2,24,25,26). The van der Waals surface area contributed by atoms with Crippen LogP contribution in [0.15, 0.2) is 102 Å². The zero-order chi connectivity index (χ0) is 21.7. The molecule has 0 aliphatic heterocycles. The van der Waals surface area contributed by atoms with E-state index in [1.807, 2.05) is 30.3 Å². The van der Waals surface area contributed by atoms with E-state index in [1.165, 1.54) is 18.2 Å². The third-order valence-electron chi connectivity index (χ3n) is 4.31. The molecule has 31 heavy (non-hydrogen) atoms. The van der Waals surface area contributed by atoms with Crippen molar-refractivity contribution in [3.05, 3.63) is 97.1 Å². The molecule has 2 amide bonds. The Bertz CT molecular complexity index is 1320. The number of benzene rings is 4. The average molecular weight is 434 g/mol. The van der Waals surface area contributed by atoms with Gasteiger partial charge >= 0.3 is 16.1 Å². The molecule has 0 bridgehead atoms. The van der Waals surface area contributed by atoms with Crippen molar-refractivity contribution in [3.8, 4) is 11.5 Å². The zero-order valence-electron chi connectivity index (χ0n) is 16.2. The number of hydrogen-bond acceptors (Lipinski definition) is 5. The fraction of sp³-hybridized carbons (Fsp3) is 0. The molecular formula is C23H18N2O5S. The van der Waals surface area contributed by atoms with Gasteiger partial charge < -0.3 is 14.3 Å². The van der Waals surface area contributed by atoms with Gasteiger partial charge in [0.1, 0.15) is 10.6 Å². The number of amides is 2. The normalized spacial score (nSPS) is 11.0. The van der Waals surface area contributed by atoms with Crippen LogP contribution in [0, 0.1) is 0 Å². The van der Waals surface area contributed by atoms with Crippen LogP contribution in [0.3, 0.4) is 0 Å². The largest absolute Gasteiger partial charge is 0.379 e. The number of carbonyl (C=O) groups is 1. The first-order valence-electron chi connectivity index (χ1n) is 9.32. The molecule has 7 nitrogen and oxygen atoms in total. The van der Waals surface area contributed by atoms with Crippen LogP contribution in [0.4, 0.5) is 10.5 Å². The number of nitrogens with one attached hydrogen (secondary N) is 2. The van der Waals surface area contributed by atoms with Gasteiger partial charge in [-0.1, -0.05) is 54.6 Å². The maximum absolute atomic E-state index is 12.7. The number of urea groups is 1. The van der Waals surface area contributed by atoms with Crippen molar-refractivity contribution in [1.82, 2.24) is 5.48 Å². The van der Waals surface area contributed by atoms with Crippen molar-refractivity contribution < 1.29 is 22.2 Å². The number of para-hydroxylation sites is 1. The minimum atomic E-state index is -4.05. The van der Waals surface area contributed by atoms with Crippen LogP contribution >= 0.6 is 0 Å². The van der Waals surface area contributed by atoms with Gasteiger partial charge in [0, 0.05) is 11.8 Å². The zero-order valence-corrected chi connectivity index (χ0v) is 17.0. The van der Waals surface area contributed by atoms with Gasteiger partial charge in [0.25, 0.3) is 0 Å². The number of carbonyl (C=O) groups excluding carboxylic acids is 1.